The number of amidine groups is 1. The summed E-state index contributed by atoms with van der Waals surface area (Å²) in [5, 5.41) is 11.4. The first-order chi connectivity index (χ1) is 12.4. The van der Waals surface area contributed by atoms with E-state index in [0.717, 1.165) is 20.8 Å². The molecule has 0 saturated heterocycles. The van der Waals surface area contributed by atoms with E-state index in [2.05, 4.69) is 26.0 Å². The van der Waals surface area contributed by atoms with Crippen molar-refractivity contribution in [1.29, 1.82) is 5.41 Å². The molecule has 1 aliphatic rings. The van der Waals surface area contributed by atoms with Crippen LogP contribution in [0.1, 0.15) is 5.56 Å². The lowest BCUT2D eigenvalue weighted by atomic mass is 10.2. The monoisotopic (exact) mass is 452 g/mol. The largest absolute Gasteiger partial charge is 0.448 e. The molecule has 0 aliphatic carbocycles. The molecule has 0 spiro atoms. The number of rotatable bonds is 4. The second kappa shape index (κ2) is 6.45. The fourth-order valence-corrected chi connectivity index (χ4v) is 5.65. The van der Waals surface area contributed by atoms with Gasteiger partial charge in [0.05, 0.1) is 22.3 Å². The summed E-state index contributed by atoms with van der Waals surface area (Å²) in [5.74, 6) is 0.905. The molecule has 4 rings (SSSR count). The van der Waals surface area contributed by atoms with Gasteiger partial charge < -0.3 is 14.6 Å². The summed E-state index contributed by atoms with van der Waals surface area (Å²) in [6, 6.07) is 11.9. The highest BCUT2D eigenvalue weighted by atomic mass is 79.9. The highest BCUT2D eigenvalue weighted by molar-refractivity contribution is 9.11. The molecule has 134 valence electrons. The molecular formula is C16H13BrN4O3S2. The van der Waals surface area contributed by atoms with E-state index in [0.29, 0.717) is 29.6 Å². The van der Waals surface area contributed by atoms with E-state index in [1.807, 2.05) is 0 Å². The highest BCUT2D eigenvalue weighted by Crippen LogP contribution is 2.30. The molecule has 0 amide bonds. The van der Waals surface area contributed by atoms with E-state index >= 15 is 0 Å². The molecule has 3 aromatic rings. The second-order valence-electron chi connectivity index (χ2n) is 5.49. The predicted octanol–water partition coefficient (Wildman–Crippen LogP) is 4.12. The standard InChI is InChI=1S/C16H13BrN4O3S2/c17-13-5-6-14(25-13)26(22,23)20-10-1-3-11(4-2-10)21-9-19-16-12(15(21)18)7-8-24-16/h1-8,18-20H,9H2. The van der Waals surface area contributed by atoms with Gasteiger partial charge in [-0.1, -0.05) is 0 Å². The Hall–Kier alpha value is -2.30. The van der Waals surface area contributed by atoms with Crippen LogP contribution in [0.15, 0.2) is 61.1 Å². The minimum Gasteiger partial charge on any atom is -0.448 e. The second-order valence-corrected chi connectivity index (χ2v) is 9.86. The number of benzene rings is 1. The Labute approximate surface area is 162 Å². The zero-order valence-electron chi connectivity index (χ0n) is 13.2. The van der Waals surface area contributed by atoms with Crippen molar-refractivity contribution in [3.8, 4) is 0 Å². The fourth-order valence-electron chi connectivity index (χ4n) is 2.59. The predicted molar refractivity (Wildman–Crippen MR) is 106 cm³/mol. The summed E-state index contributed by atoms with van der Waals surface area (Å²) in [5.41, 5.74) is 1.92. The molecule has 0 saturated carbocycles. The zero-order valence-corrected chi connectivity index (χ0v) is 16.4. The van der Waals surface area contributed by atoms with Gasteiger partial charge in [0, 0.05) is 11.4 Å². The lowest BCUT2D eigenvalue weighted by Crippen LogP contribution is -2.39. The van der Waals surface area contributed by atoms with E-state index in [-0.39, 0.29) is 4.21 Å². The lowest BCUT2D eigenvalue weighted by Gasteiger charge is -2.29. The van der Waals surface area contributed by atoms with Crippen molar-refractivity contribution in [3.05, 3.63) is 58.1 Å². The summed E-state index contributed by atoms with van der Waals surface area (Å²) in [7, 11) is -3.62. The third-order valence-electron chi connectivity index (χ3n) is 3.83. The van der Waals surface area contributed by atoms with Gasteiger partial charge >= 0.3 is 0 Å². The number of thiophene rings is 1. The number of nitrogens with zero attached hydrogens (tertiary/aromatic N) is 1. The number of sulfonamides is 1. The van der Waals surface area contributed by atoms with Gasteiger partial charge in [0.2, 0.25) is 5.88 Å². The number of halogens is 1. The normalized spacial score (nSPS) is 14.0. The highest BCUT2D eigenvalue weighted by Gasteiger charge is 2.24. The van der Waals surface area contributed by atoms with E-state index in [1.54, 1.807) is 47.4 Å². The van der Waals surface area contributed by atoms with Crippen LogP contribution >= 0.6 is 27.3 Å². The number of anilines is 3. The van der Waals surface area contributed by atoms with Gasteiger partial charge in [0.25, 0.3) is 10.0 Å². The smallest absolute Gasteiger partial charge is 0.271 e. The van der Waals surface area contributed by atoms with Crippen molar-refractivity contribution in [3.63, 3.8) is 0 Å². The number of hydrogen-bond acceptors (Lipinski definition) is 6. The molecule has 10 heteroatoms. The Bertz CT molecular complexity index is 1070. The summed E-state index contributed by atoms with van der Waals surface area (Å²) >= 11 is 4.41. The molecule has 3 N–H and O–H groups in total. The number of furan rings is 1. The van der Waals surface area contributed by atoms with E-state index in [9.17, 15) is 8.42 Å². The van der Waals surface area contributed by atoms with Crippen LogP contribution in [0.5, 0.6) is 0 Å². The molecule has 0 radical (unpaired) electrons. The molecule has 0 fully saturated rings. The summed E-state index contributed by atoms with van der Waals surface area (Å²) in [4.78, 5) is 1.77. The number of hydrogen-bond donors (Lipinski definition) is 3. The maximum Gasteiger partial charge on any atom is 0.271 e. The van der Waals surface area contributed by atoms with Crippen LogP contribution in [-0.4, -0.2) is 20.9 Å². The average molecular weight is 453 g/mol. The van der Waals surface area contributed by atoms with Crippen molar-refractivity contribution < 1.29 is 12.8 Å². The molecule has 0 bridgehead atoms. The molecule has 3 heterocycles. The van der Waals surface area contributed by atoms with Gasteiger partial charge in [-0.05, 0) is 58.4 Å². The number of nitrogens with one attached hydrogen (secondary N) is 3. The van der Waals surface area contributed by atoms with Crippen LogP contribution < -0.4 is 14.9 Å². The minimum absolute atomic E-state index is 0.239. The van der Waals surface area contributed by atoms with Crippen LogP contribution in [0.2, 0.25) is 0 Å². The van der Waals surface area contributed by atoms with E-state index < -0.39 is 10.0 Å². The van der Waals surface area contributed by atoms with Gasteiger partial charge in [0.1, 0.15) is 10.0 Å². The van der Waals surface area contributed by atoms with Crippen molar-refractivity contribution in [2.45, 2.75) is 4.21 Å². The van der Waals surface area contributed by atoms with Crippen LogP contribution in [-0.2, 0) is 10.0 Å². The Morgan fingerprint density at radius 2 is 1.96 bits per heavy atom. The maximum atomic E-state index is 12.4. The van der Waals surface area contributed by atoms with Gasteiger partial charge in [0.15, 0.2) is 0 Å². The van der Waals surface area contributed by atoms with Gasteiger partial charge in [-0.3, -0.25) is 10.1 Å². The maximum absolute atomic E-state index is 12.4. The Kier molecular flexibility index (Phi) is 4.25. The summed E-state index contributed by atoms with van der Waals surface area (Å²) in [6.07, 6.45) is 1.54. The van der Waals surface area contributed by atoms with Gasteiger partial charge in [-0.15, -0.1) is 11.3 Å². The van der Waals surface area contributed by atoms with Gasteiger partial charge in [-0.25, -0.2) is 8.42 Å². The topological polar surface area (TPSA) is 98.4 Å². The third-order valence-corrected chi connectivity index (χ3v) is 7.33. The summed E-state index contributed by atoms with van der Waals surface area (Å²) < 4.78 is 33.6. The lowest BCUT2D eigenvalue weighted by molar-refractivity contribution is 0.577. The fraction of sp³-hybridized carbons (Fsp3) is 0.0625. The van der Waals surface area contributed by atoms with E-state index in [1.165, 1.54) is 6.26 Å². The van der Waals surface area contributed by atoms with Crippen LogP contribution in [0.4, 0.5) is 17.3 Å². The minimum atomic E-state index is -3.62. The Morgan fingerprint density at radius 1 is 1.19 bits per heavy atom. The first-order valence-corrected chi connectivity index (χ1v) is 10.6. The molecule has 0 unspecified atom stereocenters. The zero-order chi connectivity index (χ0) is 18.3. The van der Waals surface area contributed by atoms with Crippen molar-refractivity contribution in [2.24, 2.45) is 0 Å². The van der Waals surface area contributed by atoms with Crippen molar-refractivity contribution >= 4 is 60.4 Å². The van der Waals surface area contributed by atoms with Crippen molar-refractivity contribution in [1.82, 2.24) is 0 Å². The molecule has 7 nitrogen and oxygen atoms in total. The molecule has 1 aliphatic heterocycles. The molecular weight excluding hydrogens is 440 g/mol. The molecule has 2 aromatic heterocycles. The third kappa shape index (κ3) is 3.11. The Morgan fingerprint density at radius 3 is 2.65 bits per heavy atom. The van der Waals surface area contributed by atoms with Crippen LogP contribution in [0, 0.1) is 5.41 Å². The summed E-state index contributed by atoms with van der Waals surface area (Å²) in [6.45, 7) is 0.396. The number of fused-ring (bicyclic) bond motifs is 1. The van der Waals surface area contributed by atoms with Gasteiger partial charge in [-0.2, -0.15) is 0 Å². The van der Waals surface area contributed by atoms with Crippen molar-refractivity contribution in [2.75, 3.05) is 21.6 Å². The van der Waals surface area contributed by atoms with Crippen LogP contribution in [0.25, 0.3) is 0 Å². The van der Waals surface area contributed by atoms with E-state index in [4.69, 9.17) is 9.83 Å². The SMILES string of the molecule is N=C1c2ccoc2NCN1c1ccc(NS(=O)(=O)c2ccc(Br)s2)cc1. The average Bonchev–Trinajstić information content (AvgIpc) is 3.25. The molecule has 0 atom stereocenters. The molecule has 26 heavy (non-hydrogen) atoms. The first kappa shape index (κ1) is 17.1. The Balaban J connectivity index is 1.53. The quantitative estimate of drug-likeness (QED) is 0.552. The van der Waals surface area contributed by atoms with Crippen LogP contribution in [0.3, 0.4) is 0 Å². The molecule has 1 aromatic carbocycles. The first-order valence-electron chi connectivity index (χ1n) is 7.50.